The van der Waals surface area contributed by atoms with E-state index in [4.69, 9.17) is 23.2 Å². The molecule has 0 N–H and O–H groups in total. The molecule has 0 aliphatic carbocycles. The van der Waals surface area contributed by atoms with Crippen LogP contribution in [0, 0.1) is 0 Å². The maximum absolute atomic E-state index is 6.28. The molecule has 0 bridgehead atoms. The first-order valence-corrected chi connectivity index (χ1v) is 9.08. The van der Waals surface area contributed by atoms with Gasteiger partial charge in [-0.2, -0.15) is 11.8 Å². The summed E-state index contributed by atoms with van der Waals surface area (Å²) < 4.78 is 2.13. The standard InChI is InChI=1S/C14H18Cl2N4S/c1-10(15)13-18-12-8-11(16)9-17-14(12)20(13)3-2-19-4-6-21-7-5-19/h8-10H,2-7H2,1H3. The van der Waals surface area contributed by atoms with E-state index in [0.717, 1.165) is 43.2 Å². The Morgan fingerprint density at radius 1 is 1.33 bits per heavy atom. The number of pyridine rings is 1. The number of alkyl halides is 1. The fourth-order valence-corrected chi connectivity index (χ4v) is 3.89. The predicted octanol–water partition coefficient (Wildman–Crippen LogP) is 3.43. The van der Waals surface area contributed by atoms with Crippen molar-refractivity contribution in [3.05, 3.63) is 23.1 Å². The van der Waals surface area contributed by atoms with Crippen LogP contribution in [0.2, 0.25) is 5.02 Å². The zero-order valence-electron chi connectivity index (χ0n) is 11.9. The van der Waals surface area contributed by atoms with Gasteiger partial charge in [0.2, 0.25) is 0 Å². The van der Waals surface area contributed by atoms with Gasteiger partial charge < -0.3 is 4.57 Å². The van der Waals surface area contributed by atoms with Crippen molar-refractivity contribution in [2.45, 2.75) is 18.8 Å². The third kappa shape index (κ3) is 3.47. The summed E-state index contributed by atoms with van der Waals surface area (Å²) >= 11 is 14.3. The first-order chi connectivity index (χ1) is 10.1. The van der Waals surface area contributed by atoms with Crippen LogP contribution >= 0.6 is 35.0 Å². The fourth-order valence-electron chi connectivity index (χ4n) is 2.59. The second-order valence-electron chi connectivity index (χ2n) is 5.19. The van der Waals surface area contributed by atoms with Crippen LogP contribution in [0.5, 0.6) is 0 Å². The Morgan fingerprint density at radius 3 is 2.81 bits per heavy atom. The van der Waals surface area contributed by atoms with Crippen molar-refractivity contribution in [1.82, 2.24) is 19.4 Å². The minimum atomic E-state index is -0.144. The highest BCUT2D eigenvalue weighted by Gasteiger charge is 2.17. The van der Waals surface area contributed by atoms with E-state index in [0.29, 0.717) is 5.02 Å². The number of aromatic nitrogens is 3. The molecule has 0 amide bonds. The van der Waals surface area contributed by atoms with Gasteiger partial charge >= 0.3 is 0 Å². The van der Waals surface area contributed by atoms with E-state index in [1.807, 2.05) is 24.8 Å². The number of hydrogen-bond acceptors (Lipinski definition) is 4. The molecule has 1 saturated heterocycles. The van der Waals surface area contributed by atoms with E-state index >= 15 is 0 Å². The number of thioether (sulfide) groups is 1. The van der Waals surface area contributed by atoms with Crippen molar-refractivity contribution in [3.8, 4) is 0 Å². The van der Waals surface area contributed by atoms with Crippen LogP contribution in [0.25, 0.3) is 11.2 Å². The highest BCUT2D eigenvalue weighted by Crippen LogP contribution is 2.25. The molecule has 1 unspecified atom stereocenters. The monoisotopic (exact) mass is 344 g/mol. The molecule has 0 aromatic carbocycles. The van der Waals surface area contributed by atoms with Gasteiger partial charge in [-0.15, -0.1) is 11.6 Å². The maximum Gasteiger partial charge on any atom is 0.160 e. The van der Waals surface area contributed by atoms with Crippen molar-refractivity contribution >= 4 is 46.1 Å². The van der Waals surface area contributed by atoms with Crippen LogP contribution in [0.3, 0.4) is 0 Å². The summed E-state index contributed by atoms with van der Waals surface area (Å²) in [6.07, 6.45) is 1.67. The average Bonchev–Trinajstić information content (AvgIpc) is 2.84. The second kappa shape index (κ2) is 6.73. The van der Waals surface area contributed by atoms with Crippen molar-refractivity contribution in [2.24, 2.45) is 0 Å². The Hall–Kier alpha value is -0.490. The van der Waals surface area contributed by atoms with E-state index < -0.39 is 0 Å². The summed E-state index contributed by atoms with van der Waals surface area (Å²) in [5.74, 6) is 3.31. The molecule has 21 heavy (non-hydrogen) atoms. The minimum Gasteiger partial charge on any atom is -0.310 e. The average molecular weight is 345 g/mol. The van der Waals surface area contributed by atoms with Crippen LogP contribution in [0.4, 0.5) is 0 Å². The van der Waals surface area contributed by atoms with Crippen molar-refractivity contribution in [2.75, 3.05) is 31.1 Å². The first kappa shape index (κ1) is 15.4. The first-order valence-electron chi connectivity index (χ1n) is 7.11. The Morgan fingerprint density at radius 2 is 2.10 bits per heavy atom. The molecule has 7 heteroatoms. The number of halogens is 2. The second-order valence-corrected chi connectivity index (χ2v) is 7.50. The Labute approximate surface area is 138 Å². The van der Waals surface area contributed by atoms with Crippen molar-refractivity contribution < 1.29 is 0 Å². The third-order valence-electron chi connectivity index (χ3n) is 3.68. The van der Waals surface area contributed by atoms with E-state index in [1.54, 1.807) is 6.20 Å². The number of rotatable bonds is 4. The van der Waals surface area contributed by atoms with Gasteiger partial charge in [-0.1, -0.05) is 11.6 Å². The topological polar surface area (TPSA) is 34.0 Å². The van der Waals surface area contributed by atoms with Gasteiger partial charge in [0.25, 0.3) is 0 Å². The highest BCUT2D eigenvalue weighted by atomic mass is 35.5. The lowest BCUT2D eigenvalue weighted by Gasteiger charge is -2.26. The lowest BCUT2D eigenvalue weighted by Crippen LogP contribution is -2.35. The molecule has 1 fully saturated rings. The molecular weight excluding hydrogens is 327 g/mol. The van der Waals surface area contributed by atoms with Crippen LogP contribution < -0.4 is 0 Å². The summed E-state index contributed by atoms with van der Waals surface area (Å²) in [5.41, 5.74) is 1.69. The molecule has 1 aliphatic heterocycles. The summed E-state index contributed by atoms with van der Waals surface area (Å²) in [7, 11) is 0. The molecule has 0 radical (unpaired) electrons. The SMILES string of the molecule is CC(Cl)c1nc2cc(Cl)cnc2n1CCN1CCSCC1. The lowest BCUT2D eigenvalue weighted by atomic mass is 10.4. The molecular formula is C14H18Cl2N4S. The molecule has 2 aromatic rings. The summed E-state index contributed by atoms with van der Waals surface area (Å²) in [5, 5.41) is 0.462. The molecule has 0 spiro atoms. The number of nitrogens with zero attached hydrogens (tertiary/aromatic N) is 4. The summed E-state index contributed by atoms with van der Waals surface area (Å²) in [6, 6.07) is 1.85. The Kier molecular flexibility index (Phi) is 4.94. The van der Waals surface area contributed by atoms with E-state index in [9.17, 15) is 0 Å². The van der Waals surface area contributed by atoms with Gasteiger partial charge in [-0.05, 0) is 13.0 Å². The van der Waals surface area contributed by atoms with Gasteiger partial charge in [0.05, 0.1) is 10.4 Å². The molecule has 1 aliphatic rings. The zero-order chi connectivity index (χ0) is 14.8. The van der Waals surface area contributed by atoms with Gasteiger partial charge in [-0.3, -0.25) is 4.90 Å². The quantitative estimate of drug-likeness (QED) is 0.795. The molecule has 4 nitrogen and oxygen atoms in total. The van der Waals surface area contributed by atoms with Crippen molar-refractivity contribution in [3.63, 3.8) is 0 Å². The van der Waals surface area contributed by atoms with Crippen LogP contribution in [0.15, 0.2) is 12.3 Å². The summed E-state index contributed by atoms with van der Waals surface area (Å²) in [4.78, 5) is 11.5. The normalized spacial score (nSPS) is 18.2. The Bertz CT molecular complexity index is 623. The fraction of sp³-hybridized carbons (Fsp3) is 0.571. The predicted molar refractivity (Wildman–Crippen MR) is 90.6 cm³/mol. The smallest absolute Gasteiger partial charge is 0.160 e. The van der Waals surface area contributed by atoms with E-state index in [2.05, 4.69) is 19.4 Å². The van der Waals surface area contributed by atoms with Gasteiger partial charge in [-0.25, -0.2) is 9.97 Å². The van der Waals surface area contributed by atoms with Crippen LogP contribution in [-0.4, -0.2) is 50.6 Å². The number of imidazole rings is 1. The number of hydrogen-bond donors (Lipinski definition) is 0. The largest absolute Gasteiger partial charge is 0.310 e. The zero-order valence-corrected chi connectivity index (χ0v) is 14.3. The molecule has 1 atom stereocenters. The Balaban J connectivity index is 1.86. The molecule has 3 heterocycles. The highest BCUT2D eigenvalue weighted by molar-refractivity contribution is 7.99. The van der Waals surface area contributed by atoms with Gasteiger partial charge in [0.1, 0.15) is 11.3 Å². The third-order valence-corrected chi connectivity index (χ3v) is 5.02. The van der Waals surface area contributed by atoms with E-state index in [-0.39, 0.29) is 5.38 Å². The lowest BCUT2D eigenvalue weighted by molar-refractivity contribution is 0.289. The van der Waals surface area contributed by atoms with Crippen molar-refractivity contribution in [1.29, 1.82) is 0 Å². The number of fused-ring (bicyclic) bond motifs is 1. The summed E-state index contributed by atoms with van der Waals surface area (Å²) in [6.45, 7) is 6.12. The minimum absolute atomic E-state index is 0.144. The molecule has 0 saturated carbocycles. The molecule has 114 valence electrons. The molecule has 2 aromatic heterocycles. The van der Waals surface area contributed by atoms with E-state index in [1.165, 1.54) is 11.5 Å². The maximum atomic E-state index is 6.28. The molecule has 3 rings (SSSR count). The van der Waals surface area contributed by atoms with Gasteiger partial charge in [0.15, 0.2) is 5.65 Å². The van der Waals surface area contributed by atoms with Gasteiger partial charge in [0, 0.05) is 43.9 Å². The van der Waals surface area contributed by atoms with Crippen LogP contribution in [0.1, 0.15) is 18.1 Å². The van der Waals surface area contributed by atoms with Crippen LogP contribution in [-0.2, 0) is 6.54 Å².